The Morgan fingerprint density at radius 1 is 1.19 bits per heavy atom. The lowest BCUT2D eigenvalue weighted by atomic mass is 10.0. The summed E-state index contributed by atoms with van der Waals surface area (Å²) in [5, 5.41) is 3.53. The number of nitrogens with one attached hydrogen (secondary N) is 1. The van der Waals surface area contributed by atoms with Crippen molar-refractivity contribution in [1.82, 2.24) is 15.3 Å². The Morgan fingerprint density at radius 2 is 2.10 bits per heavy atom. The average Bonchev–Trinajstić information content (AvgIpc) is 2.55. The lowest BCUT2D eigenvalue weighted by Crippen LogP contribution is -2.24. The van der Waals surface area contributed by atoms with Crippen molar-refractivity contribution in [2.75, 3.05) is 13.2 Å². The van der Waals surface area contributed by atoms with E-state index in [0.717, 1.165) is 36.4 Å². The fourth-order valence-corrected chi connectivity index (χ4v) is 2.12. The number of hydrogen-bond donors (Lipinski definition) is 1. The van der Waals surface area contributed by atoms with Crippen molar-refractivity contribution < 1.29 is 4.74 Å². The molecule has 2 rings (SSSR count). The zero-order valence-corrected chi connectivity index (χ0v) is 12.7. The predicted octanol–water partition coefficient (Wildman–Crippen LogP) is 3.35. The van der Waals surface area contributed by atoms with Crippen LogP contribution in [0.15, 0.2) is 42.9 Å². The number of hydrogen-bond acceptors (Lipinski definition) is 4. The standard InChI is InChI=1S/C17H23N3O/c1-3-8-20-17(16-7-5-6-9-19-16)14-11-15(13-18-12-14)21-10-4-2/h5-7,9,11-13,17,20H,3-4,8,10H2,1-2H3. The summed E-state index contributed by atoms with van der Waals surface area (Å²) < 4.78 is 5.68. The van der Waals surface area contributed by atoms with Crippen molar-refractivity contribution in [1.29, 1.82) is 0 Å². The van der Waals surface area contributed by atoms with Gasteiger partial charge in [-0.1, -0.05) is 19.9 Å². The molecule has 2 heterocycles. The van der Waals surface area contributed by atoms with Gasteiger partial charge in [-0.2, -0.15) is 0 Å². The SMILES string of the molecule is CCCNC(c1cncc(OCCC)c1)c1ccccn1. The number of pyridine rings is 2. The van der Waals surface area contributed by atoms with Crippen LogP contribution in [0, 0.1) is 0 Å². The monoisotopic (exact) mass is 285 g/mol. The molecule has 2 aromatic rings. The zero-order valence-electron chi connectivity index (χ0n) is 12.7. The van der Waals surface area contributed by atoms with E-state index in [1.165, 1.54) is 0 Å². The molecular weight excluding hydrogens is 262 g/mol. The molecule has 0 fully saturated rings. The summed E-state index contributed by atoms with van der Waals surface area (Å²) in [5.74, 6) is 0.813. The minimum absolute atomic E-state index is 0.0452. The fourth-order valence-electron chi connectivity index (χ4n) is 2.12. The van der Waals surface area contributed by atoms with E-state index in [2.05, 4.69) is 29.1 Å². The first-order valence-electron chi connectivity index (χ1n) is 7.57. The van der Waals surface area contributed by atoms with Crippen LogP contribution in [0.5, 0.6) is 5.75 Å². The van der Waals surface area contributed by atoms with E-state index in [1.807, 2.05) is 36.7 Å². The Balaban J connectivity index is 2.23. The summed E-state index contributed by atoms with van der Waals surface area (Å²) >= 11 is 0. The van der Waals surface area contributed by atoms with Crippen LogP contribution in [-0.4, -0.2) is 23.1 Å². The maximum absolute atomic E-state index is 5.68. The number of aromatic nitrogens is 2. The van der Waals surface area contributed by atoms with Gasteiger partial charge in [-0.25, -0.2) is 0 Å². The third-order valence-corrected chi connectivity index (χ3v) is 3.12. The summed E-state index contributed by atoms with van der Waals surface area (Å²) in [7, 11) is 0. The highest BCUT2D eigenvalue weighted by Crippen LogP contribution is 2.23. The summed E-state index contributed by atoms with van der Waals surface area (Å²) in [6.07, 6.45) is 7.51. The fraction of sp³-hybridized carbons (Fsp3) is 0.412. The predicted molar refractivity (Wildman–Crippen MR) is 84.4 cm³/mol. The highest BCUT2D eigenvalue weighted by molar-refractivity contribution is 5.31. The van der Waals surface area contributed by atoms with E-state index >= 15 is 0 Å². The van der Waals surface area contributed by atoms with Gasteiger partial charge >= 0.3 is 0 Å². The molecule has 0 amide bonds. The first-order valence-corrected chi connectivity index (χ1v) is 7.57. The molecule has 21 heavy (non-hydrogen) atoms. The maximum Gasteiger partial charge on any atom is 0.137 e. The third kappa shape index (κ3) is 4.53. The molecule has 0 saturated carbocycles. The molecular formula is C17H23N3O. The quantitative estimate of drug-likeness (QED) is 0.808. The summed E-state index contributed by atoms with van der Waals surface area (Å²) in [6.45, 7) is 5.89. The van der Waals surface area contributed by atoms with Crippen LogP contribution in [0.4, 0.5) is 0 Å². The van der Waals surface area contributed by atoms with Crippen LogP contribution in [-0.2, 0) is 0 Å². The second kappa shape index (κ2) is 8.37. The normalized spacial score (nSPS) is 12.1. The van der Waals surface area contributed by atoms with Crippen LogP contribution < -0.4 is 10.1 Å². The lowest BCUT2D eigenvalue weighted by molar-refractivity contribution is 0.315. The first kappa shape index (κ1) is 15.4. The molecule has 0 aromatic carbocycles. The molecule has 4 heteroatoms. The summed E-state index contributed by atoms with van der Waals surface area (Å²) in [4.78, 5) is 8.77. The van der Waals surface area contributed by atoms with Crippen molar-refractivity contribution in [3.63, 3.8) is 0 Å². The molecule has 1 unspecified atom stereocenters. The molecule has 0 aliphatic rings. The molecule has 0 aliphatic heterocycles. The second-order valence-electron chi connectivity index (χ2n) is 4.94. The molecule has 1 atom stereocenters. The minimum atomic E-state index is 0.0452. The molecule has 1 N–H and O–H groups in total. The topological polar surface area (TPSA) is 47.0 Å². The Bertz CT molecular complexity index is 531. The van der Waals surface area contributed by atoms with Crippen molar-refractivity contribution in [3.8, 4) is 5.75 Å². The maximum atomic E-state index is 5.68. The second-order valence-corrected chi connectivity index (χ2v) is 4.94. The molecule has 0 radical (unpaired) electrons. The number of ether oxygens (including phenoxy) is 1. The molecule has 0 saturated heterocycles. The Kier molecular flexibility index (Phi) is 6.16. The average molecular weight is 285 g/mol. The summed E-state index contributed by atoms with van der Waals surface area (Å²) in [5.41, 5.74) is 2.08. The van der Waals surface area contributed by atoms with Gasteiger partial charge in [0.25, 0.3) is 0 Å². The van der Waals surface area contributed by atoms with Crippen LogP contribution in [0.25, 0.3) is 0 Å². The molecule has 112 valence electrons. The number of rotatable bonds is 8. The zero-order chi connectivity index (χ0) is 14.9. The van der Waals surface area contributed by atoms with E-state index in [-0.39, 0.29) is 6.04 Å². The van der Waals surface area contributed by atoms with E-state index in [1.54, 1.807) is 6.20 Å². The van der Waals surface area contributed by atoms with Crippen LogP contribution in [0.2, 0.25) is 0 Å². The largest absolute Gasteiger partial charge is 0.492 e. The van der Waals surface area contributed by atoms with Crippen LogP contribution >= 0.6 is 0 Å². The smallest absolute Gasteiger partial charge is 0.137 e. The van der Waals surface area contributed by atoms with Crippen molar-refractivity contribution >= 4 is 0 Å². The minimum Gasteiger partial charge on any atom is -0.492 e. The Labute approximate surface area is 126 Å². The van der Waals surface area contributed by atoms with E-state index in [4.69, 9.17) is 4.74 Å². The molecule has 4 nitrogen and oxygen atoms in total. The van der Waals surface area contributed by atoms with Crippen LogP contribution in [0.3, 0.4) is 0 Å². The molecule has 0 spiro atoms. The van der Waals surface area contributed by atoms with Gasteiger partial charge in [0.1, 0.15) is 5.75 Å². The Hall–Kier alpha value is -1.94. The lowest BCUT2D eigenvalue weighted by Gasteiger charge is -2.19. The van der Waals surface area contributed by atoms with Gasteiger partial charge in [-0.3, -0.25) is 9.97 Å². The summed E-state index contributed by atoms with van der Waals surface area (Å²) in [6, 6.07) is 8.06. The highest BCUT2D eigenvalue weighted by Gasteiger charge is 2.15. The van der Waals surface area contributed by atoms with Gasteiger partial charge in [0, 0.05) is 12.4 Å². The van der Waals surface area contributed by atoms with E-state index in [0.29, 0.717) is 6.61 Å². The van der Waals surface area contributed by atoms with Crippen molar-refractivity contribution in [2.45, 2.75) is 32.7 Å². The molecule has 0 aliphatic carbocycles. The Morgan fingerprint density at radius 3 is 2.81 bits per heavy atom. The van der Waals surface area contributed by atoms with Gasteiger partial charge in [-0.15, -0.1) is 0 Å². The van der Waals surface area contributed by atoms with E-state index in [9.17, 15) is 0 Å². The van der Waals surface area contributed by atoms with Gasteiger partial charge < -0.3 is 10.1 Å². The van der Waals surface area contributed by atoms with Crippen molar-refractivity contribution in [2.24, 2.45) is 0 Å². The van der Waals surface area contributed by atoms with E-state index < -0.39 is 0 Å². The highest BCUT2D eigenvalue weighted by atomic mass is 16.5. The first-order chi connectivity index (χ1) is 10.3. The van der Waals surface area contributed by atoms with Gasteiger partial charge in [-0.05, 0) is 43.1 Å². The number of nitrogens with zero attached hydrogens (tertiary/aromatic N) is 2. The molecule has 0 bridgehead atoms. The van der Waals surface area contributed by atoms with Gasteiger partial charge in [0.05, 0.1) is 24.5 Å². The van der Waals surface area contributed by atoms with Gasteiger partial charge in [0.2, 0.25) is 0 Å². The molecule has 2 aromatic heterocycles. The van der Waals surface area contributed by atoms with Crippen molar-refractivity contribution in [3.05, 3.63) is 54.1 Å². The van der Waals surface area contributed by atoms with Gasteiger partial charge in [0.15, 0.2) is 0 Å². The third-order valence-electron chi connectivity index (χ3n) is 3.12. The van der Waals surface area contributed by atoms with Crippen LogP contribution in [0.1, 0.15) is 44.0 Å².